The molecule has 1 saturated heterocycles. The van der Waals surface area contributed by atoms with Crippen LogP contribution in [0.5, 0.6) is 0 Å². The second-order valence-electron chi connectivity index (χ2n) is 5.14. The summed E-state index contributed by atoms with van der Waals surface area (Å²) in [4.78, 5) is 20.0. The van der Waals surface area contributed by atoms with Crippen LogP contribution in [-0.2, 0) is 0 Å². The molecule has 2 rings (SSSR count). The van der Waals surface area contributed by atoms with E-state index in [1.807, 2.05) is 13.8 Å². The maximum atomic E-state index is 12.2. The van der Waals surface area contributed by atoms with Crippen LogP contribution in [0.1, 0.15) is 33.2 Å². The molecule has 20 heavy (non-hydrogen) atoms. The number of carbonyl (C=O) groups is 1. The number of nitrogens with two attached hydrogens (primary N) is 1. The van der Waals surface area contributed by atoms with E-state index in [1.54, 1.807) is 0 Å². The number of amides is 1. The van der Waals surface area contributed by atoms with E-state index in [1.165, 1.54) is 11.3 Å². The quantitative estimate of drug-likeness (QED) is 0.819. The van der Waals surface area contributed by atoms with Crippen molar-refractivity contribution in [2.24, 2.45) is 5.73 Å². The molecule has 1 aromatic heterocycles. The molecule has 0 atom stereocenters. The first-order valence-electron chi connectivity index (χ1n) is 6.71. The van der Waals surface area contributed by atoms with Gasteiger partial charge in [-0.3, -0.25) is 9.69 Å². The summed E-state index contributed by atoms with van der Waals surface area (Å²) in [5, 5.41) is 4.03. The molecular formula is C13H20N4OS2. The number of hydrogen-bond donors (Lipinski definition) is 2. The maximum Gasteiger partial charge on any atom is 0.263 e. The van der Waals surface area contributed by atoms with Gasteiger partial charge in [-0.2, -0.15) is 0 Å². The molecule has 1 aliphatic heterocycles. The molecule has 0 saturated carbocycles. The first kappa shape index (κ1) is 15.3. The summed E-state index contributed by atoms with van der Waals surface area (Å²) in [6.45, 7) is 6.31. The SMILES string of the molecule is Cc1nc(C)c(C(=O)NC2CCN(CC(N)=S)CC2)s1. The summed E-state index contributed by atoms with van der Waals surface area (Å²) >= 11 is 6.37. The van der Waals surface area contributed by atoms with Crippen molar-refractivity contribution in [2.75, 3.05) is 19.6 Å². The molecule has 110 valence electrons. The average Bonchev–Trinajstić information content (AvgIpc) is 2.70. The summed E-state index contributed by atoms with van der Waals surface area (Å²) < 4.78 is 0. The fourth-order valence-electron chi connectivity index (χ4n) is 2.45. The van der Waals surface area contributed by atoms with E-state index >= 15 is 0 Å². The van der Waals surface area contributed by atoms with E-state index in [-0.39, 0.29) is 11.9 Å². The highest BCUT2D eigenvalue weighted by atomic mass is 32.1. The van der Waals surface area contributed by atoms with Gasteiger partial charge >= 0.3 is 0 Å². The summed E-state index contributed by atoms with van der Waals surface area (Å²) in [5.41, 5.74) is 6.36. The minimum absolute atomic E-state index is 0.000829. The highest BCUT2D eigenvalue weighted by Gasteiger charge is 2.22. The fraction of sp³-hybridized carbons (Fsp3) is 0.615. The zero-order valence-electron chi connectivity index (χ0n) is 11.8. The topological polar surface area (TPSA) is 71.2 Å². The van der Waals surface area contributed by atoms with Gasteiger partial charge in [0.05, 0.1) is 15.7 Å². The number of nitrogens with zero attached hydrogens (tertiary/aromatic N) is 2. The van der Waals surface area contributed by atoms with Crippen molar-refractivity contribution in [2.45, 2.75) is 32.7 Å². The standard InChI is InChI=1S/C13H20N4OS2/c1-8-12(20-9(2)15-8)13(18)16-10-3-5-17(6-4-10)7-11(14)19/h10H,3-7H2,1-2H3,(H2,14,19)(H,16,18). The van der Waals surface area contributed by atoms with Gasteiger partial charge in [-0.25, -0.2) is 4.98 Å². The molecule has 0 bridgehead atoms. The molecule has 3 N–H and O–H groups in total. The number of carbonyl (C=O) groups excluding carboxylic acids is 1. The zero-order valence-corrected chi connectivity index (χ0v) is 13.4. The third-order valence-electron chi connectivity index (χ3n) is 3.41. The Morgan fingerprint density at radius 3 is 2.65 bits per heavy atom. The highest BCUT2D eigenvalue weighted by Crippen LogP contribution is 2.18. The van der Waals surface area contributed by atoms with E-state index < -0.39 is 0 Å². The zero-order chi connectivity index (χ0) is 14.7. The molecule has 5 nitrogen and oxygen atoms in total. The van der Waals surface area contributed by atoms with Crippen molar-refractivity contribution in [3.8, 4) is 0 Å². The van der Waals surface area contributed by atoms with Gasteiger partial charge in [-0.05, 0) is 26.7 Å². The van der Waals surface area contributed by atoms with Gasteiger partial charge in [-0.1, -0.05) is 12.2 Å². The second kappa shape index (κ2) is 6.60. The van der Waals surface area contributed by atoms with E-state index in [4.69, 9.17) is 18.0 Å². The van der Waals surface area contributed by atoms with Crippen LogP contribution in [-0.4, -0.2) is 46.5 Å². The summed E-state index contributed by atoms with van der Waals surface area (Å²) in [6.07, 6.45) is 1.87. The monoisotopic (exact) mass is 312 g/mol. The van der Waals surface area contributed by atoms with Gasteiger partial charge in [0.25, 0.3) is 5.91 Å². The number of piperidine rings is 1. The molecule has 1 aliphatic rings. The Morgan fingerprint density at radius 1 is 1.50 bits per heavy atom. The Labute approximate surface area is 128 Å². The van der Waals surface area contributed by atoms with Crippen molar-refractivity contribution in [3.63, 3.8) is 0 Å². The van der Waals surface area contributed by atoms with Gasteiger partial charge in [0, 0.05) is 25.7 Å². The van der Waals surface area contributed by atoms with Crippen LogP contribution in [0.25, 0.3) is 0 Å². The van der Waals surface area contributed by atoms with Gasteiger partial charge in [0.15, 0.2) is 0 Å². The lowest BCUT2D eigenvalue weighted by Crippen LogP contribution is -2.46. The molecule has 2 heterocycles. The van der Waals surface area contributed by atoms with Crippen LogP contribution in [0.4, 0.5) is 0 Å². The van der Waals surface area contributed by atoms with Crippen LogP contribution < -0.4 is 11.1 Å². The Bertz CT molecular complexity index is 506. The Kier molecular flexibility index (Phi) is 5.06. The molecule has 1 fully saturated rings. The van der Waals surface area contributed by atoms with E-state index in [2.05, 4.69) is 15.2 Å². The Balaban J connectivity index is 1.85. The van der Waals surface area contributed by atoms with Gasteiger partial charge < -0.3 is 11.1 Å². The number of nitrogens with one attached hydrogen (secondary N) is 1. The number of thiazole rings is 1. The van der Waals surface area contributed by atoms with Crippen molar-refractivity contribution in [1.82, 2.24) is 15.2 Å². The molecular weight excluding hydrogens is 292 g/mol. The van der Waals surface area contributed by atoms with Crippen molar-refractivity contribution in [1.29, 1.82) is 0 Å². The minimum Gasteiger partial charge on any atom is -0.392 e. The Morgan fingerprint density at radius 2 is 2.15 bits per heavy atom. The summed E-state index contributed by atoms with van der Waals surface area (Å²) in [5.74, 6) is 0.000829. The number of hydrogen-bond acceptors (Lipinski definition) is 5. The lowest BCUT2D eigenvalue weighted by molar-refractivity contribution is 0.0918. The Hall–Kier alpha value is -1.05. The van der Waals surface area contributed by atoms with Gasteiger partial charge in [0.1, 0.15) is 4.88 Å². The molecule has 0 aliphatic carbocycles. The number of likely N-dealkylation sites (tertiary alicyclic amines) is 1. The first-order valence-corrected chi connectivity index (χ1v) is 7.93. The van der Waals surface area contributed by atoms with Crippen LogP contribution in [0, 0.1) is 13.8 Å². The van der Waals surface area contributed by atoms with Crippen LogP contribution >= 0.6 is 23.6 Å². The van der Waals surface area contributed by atoms with Crippen LogP contribution in [0.15, 0.2) is 0 Å². The van der Waals surface area contributed by atoms with E-state index in [0.29, 0.717) is 11.5 Å². The normalized spacial score (nSPS) is 17.1. The van der Waals surface area contributed by atoms with Crippen molar-refractivity contribution in [3.05, 3.63) is 15.6 Å². The molecule has 0 unspecified atom stereocenters. The minimum atomic E-state index is 0.000829. The lowest BCUT2D eigenvalue weighted by atomic mass is 10.0. The molecule has 0 aromatic carbocycles. The number of aryl methyl sites for hydroxylation is 2. The number of aromatic nitrogens is 1. The fourth-order valence-corrected chi connectivity index (χ4v) is 3.45. The van der Waals surface area contributed by atoms with E-state index in [9.17, 15) is 4.79 Å². The second-order valence-corrected chi connectivity index (χ2v) is 6.87. The third kappa shape index (κ3) is 3.97. The molecule has 0 spiro atoms. The smallest absolute Gasteiger partial charge is 0.263 e. The molecule has 0 radical (unpaired) electrons. The predicted molar refractivity (Wildman–Crippen MR) is 85.3 cm³/mol. The van der Waals surface area contributed by atoms with Gasteiger partial charge in [0.2, 0.25) is 0 Å². The van der Waals surface area contributed by atoms with E-state index in [0.717, 1.165) is 41.5 Å². The molecule has 1 amide bonds. The number of rotatable bonds is 4. The number of thiocarbonyl (C=S) groups is 1. The van der Waals surface area contributed by atoms with Crippen LogP contribution in [0.3, 0.4) is 0 Å². The summed E-state index contributed by atoms with van der Waals surface area (Å²) in [7, 11) is 0. The van der Waals surface area contributed by atoms with Crippen LogP contribution in [0.2, 0.25) is 0 Å². The lowest BCUT2D eigenvalue weighted by Gasteiger charge is -2.31. The maximum absolute atomic E-state index is 12.2. The summed E-state index contributed by atoms with van der Waals surface area (Å²) in [6, 6.07) is 0.229. The van der Waals surface area contributed by atoms with Crippen molar-refractivity contribution < 1.29 is 4.79 Å². The van der Waals surface area contributed by atoms with Gasteiger partial charge in [-0.15, -0.1) is 11.3 Å². The third-order valence-corrected chi connectivity index (χ3v) is 4.61. The highest BCUT2D eigenvalue weighted by molar-refractivity contribution is 7.80. The van der Waals surface area contributed by atoms with Crippen molar-refractivity contribution >= 4 is 34.5 Å². The first-order chi connectivity index (χ1) is 9.45. The average molecular weight is 312 g/mol. The predicted octanol–water partition coefficient (Wildman–Crippen LogP) is 1.24. The largest absolute Gasteiger partial charge is 0.392 e. The molecule has 1 aromatic rings. The molecule has 7 heteroatoms.